The molecule has 0 unspecified atom stereocenters. The number of anilines is 1. The molecule has 0 aliphatic rings. The zero-order valence-electron chi connectivity index (χ0n) is 10.3. The standard InChI is InChI=1S/C13H13ClN4O/c1-19-12-6-5-11(8-16-12)18-13(15)17-10-4-2-3-9(14)7-10/h2-8H,1H3,(H3,15,17,18). The first kappa shape index (κ1) is 13.2. The molecule has 6 heteroatoms. The number of hydrogen-bond donors (Lipinski definition) is 2. The summed E-state index contributed by atoms with van der Waals surface area (Å²) in [5.74, 6) is 0.796. The van der Waals surface area contributed by atoms with Crippen LogP contribution in [0.4, 0.5) is 11.4 Å². The van der Waals surface area contributed by atoms with Crippen LogP contribution in [0.15, 0.2) is 47.6 Å². The van der Waals surface area contributed by atoms with Crippen LogP contribution in [-0.2, 0) is 0 Å². The third-order valence-electron chi connectivity index (χ3n) is 2.28. The molecule has 0 atom stereocenters. The Labute approximate surface area is 116 Å². The smallest absolute Gasteiger partial charge is 0.213 e. The molecule has 3 N–H and O–H groups in total. The van der Waals surface area contributed by atoms with Crippen molar-refractivity contribution in [2.45, 2.75) is 0 Å². The Bertz CT molecular complexity index is 583. The lowest BCUT2D eigenvalue weighted by Gasteiger charge is -2.06. The van der Waals surface area contributed by atoms with E-state index in [9.17, 15) is 0 Å². The fourth-order valence-electron chi connectivity index (χ4n) is 1.44. The van der Waals surface area contributed by atoms with E-state index in [0.29, 0.717) is 16.6 Å². The van der Waals surface area contributed by atoms with Crippen molar-refractivity contribution < 1.29 is 4.74 Å². The average molecular weight is 277 g/mol. The summed E-state index contributed by atoms with van der Waals surface area (Å²) in [6.07, 6.45) is 1.61. The molecule has 2 aromatic rings. The number of hydrogen-bond acceptors (Lipinski definition) is 3. The molecule has 0 amide bonds. The number of nitrogens with zero attached hydrogens (tertiary/aromatic N) is 2. The zero-order valence-corrected chi connectivity index (χ0v) is 11.1. The number of ether oxygens (including phenoxy) is 1. The molecule has 0 saturated carbocycles. The number of nitrogens with one attached hydrogen (secondary N) is 1. The van der Waals surface area contributed by atoms with Gasteiger partial charge in [0.25, 0.3) is 0 Å². The first-order valence-electron chi connectivity index (χ1n) is 5.54. The lowest BCUT2D eigenvalue weighted by Crippen LogP contribution is -2.21. The van der Waals surface area contributed by atoms with Crippen LogP contribution < -0.4 is 15.8 Å². The summed E-state index contributed by atoms with van der Waals surface area (Å²) in [6, 6.07) is 10.7. The minimum atomic E-state index is 0.259. The number of aromatic nitrogens is 1. The lowest BCUT2D eigenvalue weighted by atomic mass is 10.3. The van der Waals surface area contributed by atoms with E-state index in [2.05, 4.69) is 15.3 Å². The Morgan fingerprint density at radius 3 is 2.84 bits per heavy atom. The van der Waals surface area contributed by atoms with Gasteiger partial charge in [0.2, 0.25) is 5.88 Å². The Hall–Kier alpha value is -2.27. The molecule has 5 nitrogen and oxygen atoms in total. The fraction of sp³-hybridized carbons (Fsp3) is 0.0769. The van der Waals surface area contributed by atoms with Gasteiger partial charge in [-0.15, -0.1) is 0 Å². The number of halogens is 1. The van der Waals surface area contributed by atoms with Gasteiger partial charge < -0.3 is 15.8 Å². The van der Waals surface area contributed by atoms with E-state index < -0.39 is 0 Å². The molecule has 1 aromatic carbocycles. The van der Waals surface area contributed by atoms with Gasteiger partial charge in [-0.3, -0.25) is 0 Å². The number of pyridine rings is 1. The number of rotatable bonds is 3. The summed E-state index contributed by atoms with van der Waals surface area (Å²) < 4.78 is 4.97. The molecule has 0 aliphatic carbocycles. The molecular formula is C13H13ClN4O. The normalized spacial score (nSPS) is 11.2. The monoisotopic (exact) mass is 276 g/mol. The summed E-state index contributed by atoms with van der Waals surface area (Å²) in [7, 11) is 1.56. The second-order valence-corrected chi connectivity index (χ2v) is 4.13. The number of aliphatic imine (C=N–C) groups is 1. The summed E-state index contributed by atoms with van der Waals surface area (Å²) >= 11 is 5.87. The van der Waals surface area contributed by atoms with Crippen molar-refractivity contribution in [3.63, 3.8) is 0 Å². The number of nitrogens with two attached hydrogens (primary N) is 1. The molecule has 0 aliphatic heterocycles. The first-order chi connectivity index (χ1) is 9.17. The molecular weight excluding hydrogens is 264 g/mol. The predicted molar refractivity (Wildman–Crippen MR) is 77.1 cm³/mol. The zero-order chi connectivity index (χ0) is 13.7. The van der Waals surface area contributed by atoms with E-state index in [1.165, 1.54) is 0 Å². The molecule has 0 radical (unpaired) electrons. The molecule has 98 valence electrons. The van der Waals surface area contributed by atoms with Crippen molar-refractivity contribution in [1.29, 1.82) is 0 Å². The third-order valence-corrected chi connectivity index (χ3v) is 2.51. The van der Waals surface area contributed by atoms with Crippen LogP contribution in [-0.4, -0.2) is 18.1 Å². The van der Waals surface area contributed by atoms with Gasteiger partial charge >= 0.3 is 0 Å². The van der Waals surface area contributed by atoms with Gasteiger partial charge in [-0.25, -0.2) is 9.98 Å². The molecule has 0 fully saturated rings. The summed E-state index contributed by atoms with van der Waals surface area (Å²) in [4.78, 5) is 8.25. The van der Waals surface area contributed by atoms with Crippen LogP contribution >= 0.6 is 11.6 Å². The van der Waals surface area contributed by atoms with Crippen molar-refractivity contribution >= 4 is 28.9 Å². The molecule has 0 bridgehead atoms. The van der Waals surface area contributed by atoms with E-state index >= 15 is 0 Å². The Kier molecular flexibility index (Phi) is 4.20. The lowest BCUT2D eigenvalue weighted by molar-refractivity contribution is 0.398. The average Bonchev–Trinajstić information content (AvgIpc) is 2.39. The maximum absolute atomic E-state index is 5.87. The highest BCUT2D eigenvalue weighted by Crippen LogP contribution is 2.18. The van der Waals surface area contributed by atoms with Crippen molar-refractivity contribution in [3.8, 4) is 5.88 Å². The van der Waals surface area contributed by atoms with Crippen LogP contribution in [0.3, 0.4) is 0 Å². The number of benzene rings is 1. The highest BCUT2D eigenvalue weighted by atomic mass is 35.5. The van der Waals surface area contributed by atoms with Gasteiger partial charge in [0.1, 0.15) is 0 Å². The van der Waals surface area contributed by atoms with Crippen molar-refractivity contribution in [3.05, 3.63) is 47.6 Å². The van der Waals surface area contributed by atoms with Gasteiger partial charge in [0.05, 0.1) is 24.7 Å². The van der Waals surface area contributed by atoms with E-state index in [1.807, 2.05) is 12.1 Å². The Morgan fingerprint density at radius 2 is 2.21 bits per heavy atom. The quantitative estimate of drug-likeness (QED) is 0.668. The summed E-state index contributed by atoms with van der Waals surface area (Å²) in [6.45, 7) is 0. The minimum Gasteiger partial charge on any atom is -0.481 e. The van der Waals surface area contributed by atoms with E-state index in [0.717, 1.165) is 5.69 Å². The van der Waals surface area contributed by atoms with E-state index in [4.69, 9.17) is 22.1 Å². The van der Waals surface area contributed by atoms with E-state index in [1.54, 1.807) is 37.6 Å². The Morgan fingerprint density at radius 1 is 1.37 bits per heavy atom. The van der Waals surface area contributed by atoms with Crippen LogP contribution in [0.1, 0.15) is 0 Å². The van der Waals surface area contributed by atoms with Crippen LogP contribution in [0.5, 0.6) is 5.88 Å². The molecule has 1 aromatic heterocycles. The molecule has 1 heterocycles. The molecule has 2 rings (SSSR count). The molecule has 0 spiro atoms. The molecule has 0 saturated heterocycles. The van der Waals surface area contributed by atoms with Gasteiger partial charge in [-0.2, -0.15) is 0 Å². The van der Waals surface area contributed by atoms with E-state index in [-0.39, 0.29) is 5.96 Å². The van der Waals surface area contributed by atoms with Gasteiger partial charge in [0, 0.05) is 11.1 Å². The fourth-order valence-corrected chi connectivity index (χ4v) is 1.62. The van der Waals surface area contributed by atoms with Crippen LogP contribution in [0.25, 0.3) is 0 Å². The van der Waals surface area contributed by atoms with Crippen LogP contribution in [0, 0.1) is 0 Å². The maximum atomic E-state index is 5.87. The highest BCUT2D eigenvalue weighted by molar-refractivity contribution is 6.30. The van der Waals surface area contributed by atoms with Gasteiger partial charge in [0.15, 0.2) is 5.96 Å². The second kappa shape index (κ2) is 6.06. The number of methoxy groups -OCH3 is 1. The topological polar surface area (TPSA) is 72.5 Å². The van der Waals surface area contributed by atoms with Crippen molar-refractivity contribution in [1.82, 2.24) is 4.98 Å². The Balaban J connectivity index is 2.09. The van der Waals surface area contributed by atoms with Gasteiger partial charge in [-0.1, -0.05) is 17.7 Å². The predicted octanol–water partition coefficient (Wildman–Crippen LogP) is 2.80. The third kappa shape index (κ3) is 3.86. The first-order valence-corrected chi connectivity index (χ1v) is 5.92. The molecule has 19 heavy (non-hydrogen) atoms. The van der Waals surface area contributed by atoms with Crippen LogP contribution in [0.2, 0.25) is 5.02 Å². The largest absolute Gasteiger partial charge is 0.481 e. The highest BCUT2D eigenvalue weighted by Gasteiger charge is 1.98. The number of guanidine groups is 1. The van der Waals surface area contributed by atoms with Crippen molar-refractivity contribution in [2.24, 2.45) is 10.7 Å². The maximum Gasteiger partial charge on any atom is 0.213 e. The minimum absolute atomic E-state index is 0.259. The second-order valence-electron chi connectivity index (χ2n) is 3.69. The van der Waals surface area contributed by atoms with Crippen molar-refractivity contribution in [2.75, 3.05) is 12.4 Å². The van der Waals surface area contributed by atoms with Gasteiger partial charge in [-0.05, 0) is 24.3 Å². The SMILES string of the molecule is COc1ccc(NC(N)=Nc2cccc(Cl)c2)cn1. The summed E-state index contributed by atoms with van der Waals surface area (Å²) in [5.41, 5.74) is 7.20. The summed E-state index contributed by atoms with van der Waals surface area (Å²) in [5, 5.41) is 3.54.